The Morgan fingerprint density at radius 3 is 2.72 bits per heavy atom. The van der Waals surface area contributed by atoms with Crippen LogP contribution >= 0.6 is 15.9 Å². The predicted molar refractivity (Wildman–Crippen MR) is 79.5 cm³/mol. The number of nitrogen functional groups attached to an aromatic ring is 1. The molecule has 1 aromatic rings. The van der Waals surface area contributed by atoms with Crippen LogP contribution in [-0.4, -0.2) is 43.5 Å². The fraction of sp³-hybridized carbons (Fsp3) is 0.462. The Labute approximate surface area is 116 Å². The number of amidine groups is 1. The molecule has 0 aliphatic carbocycles. The summed E-state index contributed by atoms with van der Waals surface area (Å²) in [6.45, 7) is 5.38. The highest BCUT2D eigenvalue weighted by Gasteiger charge is 2.21. The first-order valence-electron chi connectivity index (χ1n) is 6.08. The van der Waals surface area contributed by atoms with Gasteiger partial charge in [0.15, 0.2) is 0 Å². The third-order valence-corrected chi connectivity index (χ3v) is 4.22. The summed E-state index contributed by atoms with van der Waals surface area (Å²) in [5.74, 6) is 0.0974. The number of rotatable bonds is 2. The Kier molecular flexibility index (Phi) is 3.92. The molecular formula is C13H19BrN4. The molecule has 1 aromatic carbocycles. The quantitative estimate of drug-likeness (QED) is 0.648. The minimum Gasteiger partial charge on any atom is -0.384 e. The Balaban J connectivity index is 2.19. The van der Waals surface area contributed by atoms with Crippen LogP contribution in [0.2, 0.25) is 0 Å². The Morgan fingerprint density at radius 2 is 2.17 bits per heavy atom. The Morgan fingerprint density at radius 1 is 1.44 bits per heavy atom. The molecule has 4 nitrogen and oxygen atoms in total. The van der Waals surface area contributed by atoms with E-state index in [0.717, 1.165) is 29.7 Å². The van der Waals surface area contributed by atoms with Crippen LogP contribution in [-0.2, 0) is 0 Å². The SMILES string of the molecule is CC1CN(c2ccc(C(=N)N)c(Br)c2)CCN1C. The number of nitrogens with two attached hydrogens (primary N) is 1. The first-order valence-corrected chi connectivity index (χ1v) is 6.87. The number of hydrogen-bond acceptors (Lipinski definition) is 3. The number of nitrogens with zero attached hydrogens (tertiary/aromatic N) is 2. The molecule has 0 spiro atoms. The van der Waals surface area contributed by atoms with Gasteiger partial charge in [-0.1, -0.05) is 0 Å². The number of benzene rings is 1. The Bertz CT molecular complexity index is 460. The van der Waals surface area contributed by atoms with Crippen LogP contribution in [0.25, 0.3) is 0 Å². The van der Waals surface area contributed by atoms with Crippen molar-refractivity contribution in [1.29, 1.82) is 5.41 Å². The molecule has 0 saturated carbocycles. The van der Waals surface area contributed by atoms with Gasteiger partial charge in [-0.05, 0) is 48.1 Å². The molecule has 3 N–H and O–H groups in total. The van der Waals surface area contributed by atoms with E-state index in [1.165, 1.54) is 5.69 Å². The van der Waals surface area contributed by atoms with Crippen LogP contribution in [0.3, 0.4) is 0 Å². The molecule has 2 rings (SSSR count). The van der Waals surface area contributed by atoms with Gasteiger partial charge in [0.05, 0.1) is 0 Å². The van der Waals surface area contributed by atoms with E-state index in [2.05, 4.69) is 45.8 Å². The maximum Gasteiger partial charge on any atom is 0.123 e. The average Bonchev–Trinajstić information content (AvgIpc) is 2.32. The fourth-order valence-electron chi connectivity index (χ4n) is 2.20. The summed E-state index contributed by atoms with van der Waals surface area (Å²) < 4.78 is 0.888. The van der Waals surface area contributed by atoms with Gasteiger partial charge in [-0.3, -0.25) is 5.41 Å². The molecule has 0 aromatic heterocycles. The van der Waals surface area contributed by atoms with Gasteiger partial charge in [0.2, 0.25) is 0 Å². The van der Waals surface area contributed by atoms with Crippen molar-refractivity contribution in [2.45, 2.75) is 13.0 Å². The first-order chi connectivity index (χ1) is 8.49. The summed E-state index contributed by atoms with van der Waals surface area (Å²) in [6.07, 6.45) is 0. The van der Waals surface area contributed by atoms with Gasteiger partial charge in [0.1, 0.15) is 5.84 Å². The zero-order chi connectivity index (χ0) is 13.3. The van der Waals surface area contributed by atoms with Gasteiger partial charge in [-0.25, -0.2) is 0 Å². The minimum absolute atomic E-state index is 0.0974. The van der Waals surface area contributed by atoms with Crippen molar-refractivity contribution in [3.63, 3.8) is 0 Å². The Hall–Kier alpha value is -1.07. The molecule has 1 aliphatic heterocycles. The van der Waals surface area contributed by atoms with E-state index in [4.69, 9.17) is 11.1 Å². The zero-order valence-electron chi connectivity index (χ0n) is 10.8. The molecule has 98 valence electrons. The van der Waals surface area contributed by atoms with Crippen molar-refractivity contribution < 1.29 is 0 Å². The summed E-state index contributed by atoms with van der Waals surface area (Å²) in [7, 11) is 2.16. The standard InChI is InChI=1S/C13H19BrN4/c1-9-8-18(6-5-17(9)2)10-3-4-11(13(15)16)12(14)7-10/h3-4,7,9H,5-6,8H2,1-2H3,(H3,15,16). The third-order valence-electron chi connectivity index (χ3n) is 3.57. The molecule has 1 aliphatic rings. The van der Waals surface area contributed by atoms with Crippen molar-refractivity contribution in [2.24, 2.45) is 5.73 Å². The maximum atomic E-state index is 7.48. The second-order valence-corrected chi connectivity index (χ2v) is 5.71. The molecule has 18 heavy (non-hydrogen) atoms. The smallest absolute Gasteiger partial charge is 0.123 e. The molecule has 1 heterocycles. The van der Waals surface area contributed by atoms with E-state index in [-0.39, 0.29) is 5.84 Å². The lowest BCUT2D eigenvalue weighted by molar-refractivity contribution is 0.234. The molecule has 1 atom stereocenters. The second-order valence-electron chi connectivity index (χ2n) is 4.85. The van der Waals surface area contributed by atoms with E-state index in [0.29, 0.717) is 6.04 Å². The highest BCUT2D eigenvalue weighted by molar-refractivity contribution is 9.10. The molecule has 0 radical (unpaired) electrons. The lowest BCUT2D eigenvalue weighted by atomic mass is 10.1. The van der Waals surface area contributed by atoms with Crippen LogP contribution in [0.5, 0.6) is 0 Å². The number of hydrogen-bond donors (Lipinski definition) is 2. The second kappa shape index (κ2) is 5.28. The van der Waals surface area contributed by atoms with Gasteiger partial charge in [0.25, 0.3) is 0 Å². The van der Waals surface area contributed by atoms with Crippen molar-refractivity contribution in [2.75, 3.05) is 31.6 Å². The fourth-order valence-corrected chi connectivity index (χ4v) is 2.78. The lowest BCUT2D eigenvalue weighted by Crippen LogP contribution is -2.50. The molecule has 5 heteroatoms. The van der Waals surface area contributed by atoms with E-state index in [1.54, 1.807) is 0 Å². The van der Waals surface area contributed by atoms with Crippen LogP contribution in [0.15, 0.2) is 22.7 Å². The number of nitrogens with one attached hydrogen (secondary N) is 1. The van der Waals surface area contributed by atoms with Crippen LogP contribution in [0.1, 0.15) is 12.5 Å². The summed E-state index contributed by atoms with van der Waals surface area (Å²) in [4.78, 5) is 4.74. The summed E-state index contributed by atoms with van der Waals surface area (Å²) in [6, 6.07) is 6.56. The number of halogens is 1. The third kappa shape index (κ3) is 2.67. The van der Waals surface area contributed by atoms with Crippen molar-refractivity contribution in [3.8, 4) is 0 Å². The molecule has 1 fully saturated rings. The predicted octanol–water partition coefficient (Wildman–Crippen LogP) is 1.87. The molecule has 0 bridgehead atoms. The highest BCUT2D eigenvalue weighted by Crippen LogP contribution is 2.25. The summed E-state index contributed by atoms with van der Waals surface area (Å²) in [5.41, 5.74) is 7.45. The molecule has 1 saturated heterocycles. The number of anilines is 1. The van der Waals surface area contributed by atoms with Gasteiger partial charge < -0.3 is 15.5 Å². The van der Waals surface area contributed by atoms with E-state index < -0.39 is 0 Å². The molecule has 0 amide bonds. The zero-order valence-corrected chi connectivity index (χ0v) is 12.4. The van der Waals surface area contributed by atoms with Crippen molar-refractivity contribution >= 4 is 27.5 Å². The van der Waals surface area contributed by atoms with Crippen molar-refractivity contribution in [1.82, 2.24) is 4.90 Å². The lowest BCUT2D eigenvalue weighted by Gasteiger charge is -2.39. The van der Waals surface area contributed by atoms with Crippen LogP contribution < -0.4 is 10.6 Å². The highest BCUT2D eigenvalue weighted by atomic mass is 79.9. The van der Waals surface area contributed by atoms with E-state index in [9.17, 15) is 0 Å². The van der Waals surface area contributed by atoms with Crippen LogP contribution in [0.4, 0.5) is 5.69 Å². The van der Waals surface area contributed by atoms with Gasteiger partial charge in [-0.2, -0.15) is 0 Å². The van der Waals surface area contributed by atoms with Gasteiger partial charge >= 0.3 is 0 Å². The van der Waals surface area contributed by atoms with Gasteiger partial charge in [-0.15, -0.1) is 0 Å². The molecule has 1 unspecified atom stereocenters. The number of piperazine rings is 1. The summed E-state index contributed by atoms with van der Waals surface area (Å²) >= 11 is 3.48. The molecular weight excluding hydrogens is 292 g/mol. The first kappa shape index (κ1) is 13.4. The normalized spacial score (nSPS) is 21.1. The largest absolute Gasteiger partial charge is 0.384 e. The van der Waals surface area contributed by atoms with E-state index >= 15 is 0 Å². The van der Waals surface area contributed by atoms with Crippen molar-refractivity contribution in [3.05, 3.63) is 28.2 Å². The maximum absolute atomic E-state index is 7.48. The van der Waals surface area contributed by atoms with E-state index in [1.807, 2.05) is 12.1 Å². The average molecular weight is 311 g/mol. The number of likely N-dealkylation sites (N-methyl/N-ethyl adjacent to an activating group) is 1. The topological polar surface area (TPSA) is 56.4 Å². The summed E-state index contributed by atoms with van der Waals surface area (Å²) in [5, 5.41) is 7.48. The monoisotopic (exact) mass is 310 g/mol. The van der Waals surface area contributed by atoms with Gasteiger partial charge in [0, 0.05) is 41.4 Å². The minimum atomic E-state index is 0.0974. The van der Waals surface area contributed by atoms with Crippen LogP contribution in [0, 0.1) is 5.41 Å².